The van der Waals surface area contributed by atoms with Crippen LogP contribution in [0.3, 0.4) is 0 Å². The molecule has 2 rings (SSSR count). The fourth-order valence-corrected chi connectivity index (χ4v) is 1.60. The lowest BCUT2D eigenvalue weighted by atomic mass is 9.81. The Morgan fingerprint density at radius 3 is 2.79 bits per heavy atom. The van der Waals surface area contributed by atoms with Gasteiger partial charge in [0.25, 0.3) is 0 Å². The second kappa shape index (κ2) is 3.86. The Bertz CT molecular complexity index is 330. The van der Waals surface area contributed by atoms with Crippen LogP contribution < -0.4 is 0 Å². The van der Waals surface area contributed by atoms with E-state index in [9.17, 15) is 9.18 Å². The van der Waals surface area contributed by atoms with E-state index in [1.165, 1.54) is 18.6 Å². The van der Waals surface area contributed by atoms with Crippen molar-refractivity contribution in [2.45, 2.75) is 25.7 Å². The van der Waals surface area contributed by atoms with Crippen LogP contribution in [0.2, 0.25) is 0 Å². The number of ketones is 1. The number of carbonyl (C=O) groups excluding carboxylic acids is 1. The molecule has 3 heteroatoms. The third kappa shape index (κ3) is 1.97. The van der Waals surface area contributed by atoms with Crippen molar-refractivity contribution in [1.82, 2.24) is 4.98 Å². The monoisotopic (exact) mass is 193 g/mol. The van der Waals surface area contributed by atoms with Crippen molar-refractivity contribution in [3.05, 3.63) is 29.8 Å². The number of rotatable bonds is 3. The molecule has 1 aromatic heterocycles. The summed E-state index contributed by atoms with van der Waals surface area (Å²) >= 11 is 0. The first-order valence-corrected chi connectivity index (χ1v) is 4.90. The third-order valence-corrected chi connectivity index (χ3v) is 2.71. The van der Waals surface area contributed by atoms with E-state index in [2.05, 4.69) is 4.98 Å². The van der Waals surface area contributed by atoms with E-state index in [0.29, 0.717) is 18.0 Å². The molecule has 0 saturated heterocycles. The number of carbonyl (C=O) groups is 1. The van der Waals surface area contributed by atoms with Gasteiger partial charge in [-0.05, 0) is 18.1 Å². The highest BCUT2D eigenvalue weighted by molar-refractivity contribution is 5.94. The van der Waals surface area contributed by atoms with Crippen LogP contribution in [0, 0.1) is 11.7 Å². The second-order valence-electron chi connectivity index (χ2n) is 3.79. The fourth-order valence-electron chi connectivity index (χ4n) is 1.60. The van der Waals surface area contributed by atoms with Crippen LogP contribution in [-0.2, 0) is 0 Å². The molecule has 0 N–H and O–H groups in total. The Morgan fingerprint density at radius 2 is 2.29 bits per heavy atom. The highest BCUT2D eigenvalue weighted by Gasteiger charge is 2.21. The topological polar surface area (TPSA) is 30.0 Å². The summed E-state index contributed by atoms with van der Waals surface area (Å²) in [5.74, 6) is 0.175. The van der Waals surface area contributed by atoms with Gasteiger partial charge in [-0.3, -0.25) is 9.78 Å². The zero-order valence-electron chi connectivity index (χ0n) is 7.87. The van der Waals surface area contributed by atoms with Crippen molar-refractivity contribution >= 4 is 5.78 Å². The van der Waals surface area contributed by atoms with E-state index < -0.39 is 5.82 Å². The van der Waals surface area contributed by atoms with Crippen LogP contribution in [0.1, 0.15) is 36.2 Å². The van der Waals surface area contributed by atoms with Gasteiger partial charge in [-0.2, -0.15) is 0 Å². The Hall–Kier alpha value is -1.25. The predicted octanol–water partition coefficient (Wildman–Crippen LogP) is 2.59. The lowest BCUT2D eigenvalue weighted by Gasteiger charge is -2.24. The molecule has 1 heterocycles. The van der Waals surface area contributed by atoms with Gasteiger partial charge in [0, 0.05) is 6.42 Å². The predicted molar refractivity (Wildman–Crippen MR) is 50.5 cm³/mol. The first-order chi connectivity index (χ1) is 6.75. The largest absolute Gasteiger partial charge is 0.292 e. The average Bonchev–Trinajstić information content (AvgIpc) is 2.12. The number of hydrogen-bond acceptors (Lipinski definition) is 2. The fraction of sp³-hybridized carbons (Fsp3) is 0.455. The molecule has 1 aliphatic rings. The highest BCUT2D eigenvalue weighted by Crippen LogP contribution is 2.30. The Morgan fingerprint density at radius 1 is 1.50 bits per heavy atom. The van der Waals surface area contributed by atoms with Gasteiger partial charge in [0.2, 0.25) is 0 Å². The molecule has 0 bridgehead atoms. The van der Waals surface area contributed by atoms with Crippen molar-refractivity contribution in [3.8, 4) is 0 Å². The number of pyridine rings is 1. The number of hydrogen-bond donors (Lipinski definition) is 0. The van der Waals surface area contributed by atoms with Crippen LogP contribution in [0.25, 0.3) is 0 Å². The molecule has 1 aliphatic carbocycles. The zero-order chi connectivity index (χ0) is 9.97. The van der Waals surface area contributed by atoms with Gasteiger partial charge in [-0.15, -0.1) is 0 Å². The summed E-state index contributed by atoms with van der Waals surface area (Å²) in [6.07, 6.45) is 5.18. The smallest absolute Gasteiger partial charge is 0.181 e. The molecule has 0 unspecified atom stereocenters. The maximum atomic E-state index is 12.5. The van der Waals surface area contributed by atoms with Gasteiger partial charge >= 0.3 is 0 Å². The van der Waals surface area contributed by atoms with E-state index in [1.807, 2.05) is 0 Å². The number of halogens is 1. The SMILES string of the molecule is O=C(CC1CCC1)c1ccc(F)cn1. The van der Waals surface area contributed by atoms with E-state index in [4.69, 9.17) is 0 Å². The van der Waals surface area contributed by atoms with E-state index in [0.717, 1.165) is 19.0 Å². The van der Waals surface area contributed by atoms with Crippen molar-refractivity contribution in [2.24, 2.45) is 5.92 Å². The van der Waals surface area contributed by atoms with Crippen molar-refractivity contribution in [3.63, 3.8) is 0 Å². The summed E-state index contributed by atoms with van der Waals surface area (Å²) < 4.78 is 12.5. The van der Waals surface area contributed by atoms with Gasteiger partial charge in [0.15, 0.2) is 5.78 Å². The minimum Gasteiger partial charge on any atom is -0.292 e. The quantitative estimate of drug-likeness (QED) is 0.690. The van der Waals surface area contributed by atoms with Crippen molar-refractivity contribution in [2.75, 3.05) is 0 Å². The minimum absolute atomic E-state index is 0.0368. The molecule has 0 spiro atoms. The molecule has 2 nitrogen and oxygen atoms in total. The second-order valence-corrected chi connectivity index (χ2v) is 3.79. The Labute approximate surface area is 82.2 Å². The molecule has 1 fully saturated rings. The minimum atomic E-state index is -0.398. The Balaban J connectivity index is 1.99. The summed E-state index contributed by atoms with van der Waals surface area (Å²) in [5.41, 5.74) is 0.387. The van der Waals surface area contributed by atoms with Gasteiger partial charge < -0.3 is 0 Å². The average molecular weight is 193 g/mol. The maximum absolute atomic E-state index is 12.5. The van der Waals surface area contributed by atoms with Crippen LogP contribution in [-0.4, -0.2) is 10.8 Å². The molecule has 1 aromatic rings. The first kappa shape index (κ1) is 9.31. The number of Topliss-reactive ketones (excluding diaryl/α,β-unsaturated/α-hetero) is 1. The van der Waals surface area contributed by atoms with Crippen molar-refractivity contribution in [1.29, 1.82) is 0 Å². The molecule has 0 radical (unpaired) electrons. The van der Waals surface area contributed by atoms with E-state index in [1.54, 1.807) is 0 Å². The molecule has 0 aliphatic heterocycles. The van der Waals surface area contributed by atoms with E-state index >= 15 is 0 Å². The molecule has 74 valence electrons. The molecule has 0 aromatic carbocycles. The van der Waals surface area contributed by atoms with Gasteiger partial charge in [-0.25, -0.2) is 4.39 Å². The summed E-state index contributed by atoms with van der Waals surface area (Å²) in [6.45, 7) is 0. The molecule has 0 atom stereocenters. The summed E-state index contributed by atoms with van der Waals surface area (Å²) in [4.78, 5) is 15.3. The number of aromatic nitrogens is 1. The lowest BCUT2D eigenvalue weighted by molar-refractivity contribution is 0.0931. The van der Waals surface area contributed by atoms with Gasteiger partial charge in [-0.1, -0.05) is 19.3 Å². The maximum Gasteiger partial charge on any atom is 0.181 e. The van der Waals surface area contributed by atoms with Gasteiger partial charge in [0.05, 0.1) is 6.20 Å². The zero-order valence-corrected chi connectivity index (χ0v) is 7.87. The molecular weight excluding hydrogens is 181 g/mol. The van der Waals surface area contributed by atoms with Crippen LogP contribution in [0.15, 0.2) is 18.3 Å². The summed E-state index contributed by atoms with van der Waals surface area (Å²) in [7, 11) is 0. The molecule has 14 heavy (non-hydrogen) atoms. The van der Waals surface area contributed by atoms with Crippen LogP contribution in [0.5, 0.6) is 0 Å². The highest BCUT2D eigenvalue weighted by atomic mass is 19.1. The summed E-state index contributed by atoms with van der Waals surface area (Å²) in [5, 5.41) is 0. The van der Waals surface area contributed by atoms with Crippen LogP contribution >= 0.6 is 0 Å². The summed E-state index contributed by atoms with van der Waals surface area (Å²) in [6, 6.07) is 2.73. The molecular formula is C11H12FNO. The normalized spacial score (nSPS) is 16.4. The van der Waals surface area contributed by atoms with E-state index in [-0.39, 0.29) is 5.78 Å². The van der Waals surface area contributed by atoms with Crippen LogP contribution in [0.4, 0.5) is 4.39 Å². The molecule has 1 saturated carbocycles. The Kier molecular flexibility index (Phi) is 2.57. The van der Waals surface area contributed by atoms with Crippen molar-refractivity contribution < 1.29 is 9.18 Å². The first-order valence-electron chi connectivity index (χ1n) is 4.90. The molecule has 0 amide bonds. The van der Waals surface area contributed by atoms with Gasteiger partial charge in [0.1, 0.15) is 11.5 Å². The lowest BCUT2D eigenvalue weighted by Crippen LogP contribution is -2.16. The standard InChI is InChI=1S/C11H12FNO/c12-9-4-5-10(13-7-9)11(14)6-8-2-1-3-8/h4-5,7-8H,1-3,6H2. The third-order valence-electron chi connectivity index (χ3n) is 2.71. The number of nitrogens with zero attached hydrogens (tertiary/aromatic N) is 1.